The second kappa shape index (κ2) is 6.72. The first-order chi connectivity index (χ1) is 12.3. The van der Waals surface area contributed by atoms with Crippen LogP contribution in [0.4, 0.5) is 10.5 Å². The predicted octanol–water partition coefficient (Wildman–Crippen LogP) is 2.35. The predicted molar refractivity (Wildman–Crippen MR) is 92.9 cm³/mol. The average molecular weight is 378 g/mol. The number of halogens is 1. The molecule has 0 spiro atoms. The van der Waals surface area contributed by atoms with Gasteiger partial charge < -0.3 is 19.8 Å². The zero-order chi connectivity index (χ0) is 18.9. The Kier molecular flexibility index (Phi) is 4.60. The third kappa shape index (κ3) is 3.11. The second-order valence-corrected chi connectivity index (χ2v) is 6.23. The molecule has 1 atom stereocenters. The van der Waals surface area contributed by atoms with Gasteiger partial charge in [0, 0.05) is 5.69 Å². The van der Waals surface area contributed by atoms with Crippen molar-refractivity contribution < 1.29 is 23.5 Å². The number of furan rings is 1. The summed E-state index contributed by atoms with van der Waals surface area (Å²) in [6.45, 7) is 1.08. The van der Waals surface area contributed by atoms with Gasteiger partial charge in [0.25, 0.3) is 5.91 Å². The molecule has 2 heterocycles. The lowest BCUT2D eigenvalue weighted by atomic mass is 9.99. The van der Waals surface area contributed by atoms with Crippen molar-refractivity contribution >= 4 is 35.1 Å². The van der Waals surface area contributed by atoms with Crippen molar-refractivity contribution in [3.05, 3.63) is 47.4 Å². The van der Waals surface area contributed by atoms with Gasteiger partial charge in [0.1, 0.15) is 18.1 Å². The molecule has 1 aliphatic heterocycles. The Hall–Kier alpha value is -3.00. The minimum absolute atomic E-state index is 0.292. The number of amides is 4. The van der Waals surface area contributed by atoms with E-state index in [1.54, 1.807) is 24.3 Å². The maximum atomic E-state index is 12.6. The third-order valence-corrected chi connectivity index (χ3v) is 4.32. The quantitative estimate of drug-likeness (QED) is 0.779. The van der Waals surface area contributed by atoms with Crippen molar-refractivity contribution in [3.8, 4) is 5.75 Å². The summed E-state index contributed by atoms with van der Waals surface area (Å²) in [4.78, 5) is 37.9. The molecule has 1 aromatic carbocycles. The van der Waals surface area contributed by atoms with Crippen molar-refractivity contribution in [2.75, 3.05) is 19.0 Å². The molecule has 8 nitrogen and oxygen atoms in total. The fourth-order valence-electron chi connectivity index (χ4n) is 2.66. The van der Waals surface area contributed by atoms with E-state index in [1.165, 1.54) is 26.4 Å². The van der Waals surface area contributed by atoms with Gasteiger partial charge in [-0.2, -0.15) is 0 Å². The number of hydrogen-bond donors (Lipinski definition) is 2. The zero-order valence-electron chi connectivity index (χ0n) is 14.0. The van der Waals surface area contributed by atoms with E-state index in [9.17, 15) is 14.4 Å². The van der Waals surface area contributed by atoms with Crippen molar-refractivity contribution in [2.45, 2.75) is 12.5 Å². The summed E-state index contributed by atoms with van der Waals surface area (Å²) < 4.78 is 10.3. The fourth-order valence-corrected chi connectivity index (χ4v) is 2.92. The van der Waals surface area contributed by atoms with Crippen LogP contribution >= 0.6 is 11.6 Å². The Morgan fingerprint density at radius 1 is 1.38 bits per heavy atom. The molecule has 1 unspecified atom stereocenters. The number of rotatable bonds is 5. The van der Waals surface area contributed by atoms with E-state index in [2.05, 4.69) is 10.6 Å². The molecule has 1 fully saturated rings. The van der Waals surface area contributed by atoms with E-state index in [0.717, 1.165) is 4.90 Å². The highest BCUT2D eigenvalue weighted by molar-refractivity contribution is 6.32. The van der Waals surface area contributed by atoms with Crippen LogP contribution in [-0.4, -0.2) is 36.4 Å². The third-order valence-electron chi connectivity index (χ3n) is 4.03. The number of carbonyl (C=O) groups is 3. The first-order valence-electron chi connectivity index (χ1n) is 7.66. The molecule has 2 aromatic rings. The van der Waals surface area contributed by atoms with Gasteiger partial charge in [-0.05, 0) is 37.3 Å². The Morgan fingerprint density at radius 2 is 2.15 bits per heavy atom. The van der Waals surface area contributed by atoms with Gasteiger partial charge >= 0.3 is 6.03 Å². The van der Waals surface area contributed by atoms with Crippen LogP contribution in [0.15, 0.2) is 41.0 Å². The molecule has 0 radical (unpaired) electrons. The molecular formula is C17H16ClN3O5. The Labute approximate surface area is 154 Å². The SMILES string of the molecule is COc1ccc(NC(=O)CN2C(=O)NC(C)(c3ccco3)C2=O)cc1Cl. The smallest absolute Gasteiger partial charge is 0.325 e. The summed E-state index contributed by atoms with van der Waals surface area (Å²) in [5, 5.41) is 5.46. The van der Waals surface area contributed by atoms with E-state index in [0.29, 0.717) is 22.2 Å². The van der Waals surface area contributed by atoms with Crippen LogP contribution in [-0.2, 0) is 15.1 Å². The molecule has 1 saturated heterocycles. The zero-order valence-corrected chi connectivity index (χ0v) is 14.8. The number of hydrogen-bond acceptors (Lipinski definition) is 5. The Balaban J connectivity index is 1.70. The molecule has 2 N–H and O–H groups in total. The standard InChI is InChI=1S/C17H16ClN3O5/c1-17(13-4-3-7-26-13)15(23)21(16(24)20-17)9-14(22)19-10-5-6-12(25-2)11(18)8-10/h3-8H,9H2,1-2H3,(H,19,22)(H,20,24). The largest absolute Gasteiger partial charge is 0.495 e. The second-order valence-electron chi connectivity index (χ2n) is 5.82. The van der Waals surface area contributed by atoms with Gasteiger partial charge in [-0.15, -0.1) is 0 Å². The van der Waals surface area contributed by atoms with E-state index < -0.39 is 29.9 Å². The maximum absolute atomic E-state index is 12.6. The van der Waals surface area contributed by atoms with Gasteiger partial charge in [-0.25, -0.2) is 4.79 Å². The molecular weight excluding hydrogens is 362 g/mol. The van der Waals surface area contributed by atoms with Gasteiger partial charge in [0.15, 0.2) is 5.54 Å². The molecule has 0 aliphatic carbocycles. The highest BCUT2D eigenvalue weighted by atomic mass is 35.5. The molecule has 136 valence electrons. The van der Waals surface area contributed by atoms with Gasteiger partial charge in [-0.3, -0.25) is 14.5 Å². The first kappa shape index (κ1) is 17.8. The van der Waals surface area contributed by atoms with Crippen molar-refractivity contribution in [2.24, 2.45) is 0 Å². The summed E-state index contributed by atoms with van der Waals surface area (Å²) in [7, 11) is 1.48. The topological polar surface area (TPSA) is 101 Å². The van der Waals surface area contributed by atoms with Crippen molar-refractivity contribution in [1.82, 2.24) is 10.2 Å². The lowest BCUT2D eigenvalue weighted by molar-refractivity contribution is -0.134. The van der Waals surface area contributed by atoms with Crippen LogP contribution in [0.25, 0.3) is 0 Å². The molecule has 9 heteroatoms. The number of nitrogens with one attached hydrogen (secondary N) is 2. The van der Waals surface area contributed by atoms with E-state index in [1.807, 2.05) is 0 Å². The number of benzene rings is 1. The minimum atomic E-state index is -1.34. The Bertz CT molecular complexity index is 867. The highest BCUT2D eigenvalue weighted by Gasteiger charge is 2.51. The summed E-state index contributed by atoms with van der Waals surface area (Å²) in [6.07, 6.45) is 1.41. The number of imide groups is 1. The minimum Gasteiger partial charge on any atom is -0.495 e. The normalized spacial score (nSPS) is 19.4. The van der Waals surface area contributed by atoms with Crippen molar-refractivity contribution in [3.63, 3.8) is 0 Å². The van der Waals surface area contributed by atoms with Crippen LogP contribution < -0.4 is 15.4 Å². The summed E-state index contributed by atoms with van der Waals surface area (Å²) >= 11 is 6.01. The van der Waals surface area contributed by atoms with E-state index >= 15 is 0 Å². The molecule has 0 bridgehead atoms. The van der Waals surface area contributed by atoms with Crippen LogP contribution in [0.3, 0.4) is 0 Å². The lowest BCUT2D eigenvalue weighted by Crippen LogP contribution is -2.41. The number of carbonyl (C=O) groups excluding carboxylic acids is 3. The molecule has 1 aliphatic rings. The van der Waals surface area contributed by atoms with Crippen molar-refractivity contribution in [1.29, 1.82) is 0 Å². The maximum Gasteiger partial charge on any atom is 0.325 e. The lowest BCUT2D eigenvalue weighted by Gasteiger charge is -2.18. The van der Waals surface area contributed by atoms with E-state index in [4.69, 9.17) is 20.8 Å². The van der Waals surface area contributed by atoms with Crippen LogP contribution in [0.1, 0.15) is 12.7 Å². The number of urea groups is 1. The van der Waals surface area contributed by atoms with Crippen LogP contribution in [0.2, 0.25) is 5.02 Å². The van der Waals surface area contributed by atoms with Crippen LogP contribution in [0.5, 0.6) is 5.75 Å². The average Bonchev–Trinajstić information content (AvgIpc) is 3.20. The summed E-state index contributed by atoms with van der Waals surface area (Å²) in [5.74, 6) is -0.354. The van der Waals surface area contributed by atoms with Gasteiger partial charge in [-0.1, -0.05) is 11.6 Å². The molecule has 4 amide bonds. The molecule has 3 rings (SSSR count). The number of methoxy groups -OCH3 is 1. The fraction of sp³-hybridized carbons (Fsp3) is 0.235. The number of anilines is 1. The first-order valence-corrected chi connectivity index (χ1v) is 8.04. The van der Waals surface area contributed by atoms with Gasteiger partial charge in [0.2, 0.25) is 5.91 Å². The molecule has 26 heavy (non-hydrogen) atoms. The summed E-state index contributed by atoms with van der Waals surface area (Å²) in [6, 6.07) is 7.24. The van der Waals surface area contributed by atoms with Crippen LogP contribution in [0, 0.1) is 0 Å². The van der Waals surface area contributed by atoms with E-state index in [-0.39, 0.29) is 0 Å². The summed E-state index contributed by atoms with van der Waals surface area (Å²) in [5.41, 5.74) is -0.925. The Morgan fingerprint density at radius 3 is 2.77 bits per heavy atom. The molecule has 1 aromatic heterocycles. The van der Waals surface area contributed by atoms with Gasteiger partial charge in [0.05, 0.1) is 18.4 Å². The molecule has 0 saturated carbocycles. The number of nitrogens with zero attached hydrogens (tertiary/aromatic N) is 1. The highest BCUT2D eigenvalue weighted by Crippen LogP contribution is 2.29. The number of ether oxygens (including phenoxy) is 1. The monoisotopic (exact) mass is 377 g/mol.